The van der Waals surface area contributed by atoms with Crippen molar-refractivity contribution in [1.82, 2.24) is 4.98 Å². The Morgan fingerprint density at radius 1 is 1.26 bits per heavy atom. The molecular weight excluding hydrogens is 238 g/mol. The summed E-state index contributed by atoms with van der Waals surface area (Å²) in [6.07, 6.45) is 6.88. The molecular formula is C15H19N3O. The van der Waals surface area contributed by atoms with Crippen molar-refractivity contribution >= 4 is 22.1 Å². The number of nitrogens with one attached hydrogen (secondary N) is 1. The highest BCUT2D eigenvalue weighted by atomic mass is 16.3. The first-order valence-electron chi connectivity index (χ1n) is 6.71. The predicted octanol–water partition coefficient (Wildman–Crippen LogP) is 2.39. The molecule has 19 heavy (non-hydrogen) atoms. The van der Waals surface area contributed by atoms with Gasteiger partial charge in [0.1, 0.15) is 0 Å². The third-order valence-electron chi connectivity index (χ3n) is 4.10. The first-order valence-corrected chi connectivity index (χ1v) is 6.71. The third-order valence-corrected chi connectivity index (χ3v) is 4.10. The number of fused-ring (bicyclic) bond motifs is 1. The van der Waals surface area contributed by atoms with Gasteiger partial charge in [0.05, 0.1) is 0 Å². The van der Waals surface area contributed by atoms with Crippen LogP contribution in [0.15, 0.2) is 30.6 Å². The minimum absolute atomic E-state index is 0.272. The number of aliphatic hydroxyl groups is 1. The van der Waals surface area contributed by atoms with Gasteiger partial charge in [-0.05, 0) is 42.9 Å². The minimum Gasteiger partial charge on any atom is -0.398 e. The Hall–Kier alpha value is -1.81. The largest absolute Gasteiger partial charge is 0.398 e. The van der Waals surface area contributed by atoms with Crippen LogP contribution in [0.4, 0.5) is 11.4 Å². The van der Waals surface area contributed by atoms with Crippen molar-refractivity contribution in [3.63, 3.8) is 0 Å². The Balaban J connectivity index is 1.84. The van der Waals surface area contributed by atoms with Crippen LogP contribution in [0.2, 0.25) is 0 Å². The van der Waals surface area contributed by atoms with Gasteiger partial charge in [-0.2, -0.15) is 0 Å². The van der Waals surface area contributed by atoms with Crippen molar-refractivity contribution in [3.05, 3.63) is 30.6 Å². The number of nitrogens with zero attached hydrogens (tertiary/aromatic N) is 1. The van der Waals surface area contributed by atoms with Crippen LogP contribution >= 0.6 is 0 Å². The van der Waals surface area contributed by atoms with Crippen molar-refractivity contribution in [2.75, 3.05) is 24.2 Å². The lowest BCUT2D eigenvalue weighted by atomic mass is 10.0. The maximum atomic E-state index is 9.09. The summed E-state index contributed by atoms with van der Waals surface area (Å²) in [5.41, 5.74) is 8.12. The van der Waals surface area contributed by atoms with Crippen molar-refractivity contribution < 1.29 is 5.11 Å². The number of aliphatic hydroxyl groups excluding tert-OH is 1. The normalized spacial score (nSPS) is 16.5. The molecule has 0 amide bonds. The maximum absolute atomic E-state index is 9.09. The molecule has 1 saturated carbocycles. The van der Waals surface area contributed by atoms with Crippen LogP contribution < -0.4 is 11.1 Å². The Morgan fingerprint density at radius 2 is 2.11 bits per heavy atom. The van der Waals surface area contributed by atoms with E-state index in [1.165, 1.54) is 12.8 Å². The van der Waals surface area contributed by atoms with E-state index in [1.54, 1.807) is 12.4 Å². The molecule has 4 N–H and O–H groups in total. The summed E-state index contributed by atoms with van der Waals surface area (Å²) in [4.78, 5) is 4.12. The van der Waals surface area contributed by atoms with Gasteiger partial charge in [0, 0.05) is 47.7 Å². The smallest absolute Gasteiger partial charge is 0.0436 e. The highest BCUT2D eigenvalue weighted by Gasteiger charge is 2.41. The van der Waals surface area contributed by atoms with Gasteiger partial charge in [-0.1, -0.05) is 0 Å². The highest BCUT2D eigenvalue weighted by molar-refractivity contribution is 6.00. The molecule has 0 atom stereocenters. The molecule has 0 unspecified atom stereocenters. The topological polar surface area (TPSA) is 71.2 Å². The number of anilines is 2. The molecule has 2 aromatic rings. The third kappa shape index (κ3) is 2.36. The van der Waals surface area contributed by atoms with E-state index in [9.17, 15) is 0 Å². The fourth-order valence-corrected chi connectivity index (χ4v) is 2.58. The minimum atomic E-state index is 0.272. The molecule has 1 aromatic heterocycles. The van der Waals surface area contributed by atoms with Crippen LogP contribution in [0.25, 0.3) is 10.8 Å². The number of pyridine rings is 1. The SMILES string of the molecule is Nc1ccc(NCC2(CCO)CC2)c2ccncc12. The van der Waals surface area contributed by atoms with Crippen molar-refractivity contribution in [3.8, 4) is 0 Å². The van der Waals surface area contributed by atoms with Crippen LogP contribution in [-0.2, 0) is 0 Å². The van der Waals surface area contributed by atoms with E-state index >= 15 is 0 Å². The quantitative estimate of drug-likeness (QED) is 0.719. The Bertz CT molecular complexity index is 593. The summed E-state index contributed by atoms with van der Waals surface area (Å²) in [6, 6.07) is 5.92. The second-order valence-corrected chi connectivity index (χ2v) is 5.45. The van der Waals surface area contributed by atoms with Crippen molar-refractivity contribution in [2.45, 2.75) is 19.3 Å². The lowest BCUT2D eigenvalue weighted by molar-refractivity contribution is 0.253. The lowest BCUT2D eigenvalue weighted by Crippen LogP contribution is -2.17. The molecule has 1 heterocycles. The molecule has 4 heteroatoms. The van der Waals surface area contributed by atoms with E-state index in [0.29, 0.717) is 5.41 Å². The molecule has 0 aliphatic heterocycles. The lowest BCUT2D eigenvalue weighted by Gasteiger charge is -2.17. The number of rotatable bonds is 5. The second kappa shape index (κ2) is 4.70. The molecule has 100 valence electrons. The first kappa shape index (κ1) is 12.2. The number of benzene rings is 1. The van der Waals surface area contributed by atoms with E-state index in [1.807, 2.05) is 18.2 Å². The van der Waals surface area contributed by atoms with Gasteiger partial charge in [0.15, 0.2) is 0 Å². The molecule has 0 radical (unpaired) electrons. The van der Waals surface area contributed by atoms with Gasteiger partial charge in [0.25, 0.3) is 0 Å². The van der Waals surface area contributed by atoms with Crippen LogP contribution in [0.1, 0.15) is 19.3 Å². The van der Waals surface area contributed by atoms with Gasteiger partial charge in [0.2, 0.25) is 0 Å². The van der Waals surface area contributed by atoms with Crippen molar-refractivity contribution in [1.29, 1.82) is 0 Å². The Kier molecular flexibility index (Phi) is 3.03. The summed E-state index contributed by atoms with van der Waals surface area (Å²) in [6.45, 7) is 1.18. The second-order valence-electron chi connectivity index (χ2n) is 5.45. The van der Waals surface area contributed by atoms with E-state index in [-0.39, 0.29) is 6.61 Å². The zero-order valence-corrected chi connectivity index (χ0v) is 10.9. The van der Waals surface area contributed by atoms with E-state index in [0.717, 1.165) is 35.1 Å². The summed E-state index contributed by atoms with van der Waals surface area (Å²) < 4.78 is 0. The van der Waals surface area contributed by atoms with Crippen LogP contribution in [-0.4, -0.2) is 23.2 Å². The molecule has 0 spiro atoms. The molecule has 1 fully saturated rings. The number of hydrogen-bond donors (Lipinski definition) is 3. The molecule has 3 rings (SSSR count). The maximum Gasteiger partial charge on any atom is 0.0436 e. The zero-order valence-electron chi connectivity index (χ0n) is 10.9. The average molecular weight is 257 g/mol. The van der Waals surface area contributed by atoms with Crippen LogP contribution in [0.3, 0.4) is 0 Å². The summed E-state index contributed by atoms with van der Waals surface area (Å²) in [5, 5.41) is 14.7. The van der Waals surface area contributed by atoms with E-state index in [4.69, 9.17) is 10.8 Å². The van der Waals surface area contributed by atoms with Crippen LogP contribution in [0, 0.1) is 5.41 Å². The zero-order chi connectivity index (χ0) is 13.3. The molecule has 0 bridgehead atoms. The Morgan fingerprint density at radius 3 is 2.84 bits per heavy atom. The number of nitrogen functional groups attached to an aromatic ring is 1. The fourth-order valence-electron chi connectivity index (χ4n) is 2.58. The van der Waals surface area contributed by atoms with Gasteiger partial charge in [-0.15, -0.1) is 0 Å². The molecule has 4 nitrogen and oxygen atoms in total. The van der Waals surface area contributed by atoms with Crippen molar-refractivity contribution in [2.24, 2.45) is 5.41 Å². The fraction of sp³-hybridized carbons (Fsp3) is 0.400. The molecule has 1 aromatic carbocycles. The van der Waals surface area contributed by atoms with Gasteiger partial charge < -0.3 is 16.2 Å². The van der Waals surface area contributed by atoms with Gasteiger partial charge in [-0.3, -0.25) is 4.98 Å². The standard InChI is InChI=1S/C15H19N3O/c16-13-1-2-14(11-3-7-17-9-12(11)13)18-10-15(4-5-15)6-8-19/h1-3,7,9,18-19H,4-6,8,10,16H2. The van der Waals surface area contributed by atoms with E-state index in [2.05, 4.69) is 10.3 Å². The van der Waals surface area contributed by atoms with Gasteiger partial charge >= 0.3 is 0 Å². The number of aromatic nitrogens is 1. The Labute approximate surface area is 112 Å². The summed E-state index contributed by atoms with van der Waals surface area (Å²) >= 11 is 0. The first-order chi connectivity index (χ1) is 9.24. The molecule has 0 saturated heterocycles. The summed E-state index contributed by atoms with van der Waals surface area (Å²) in [5.74, 6) is 0. The monoisotopic (exact) mass is 257 g/mol. The van der Waals surface area contributed by atoms with Gasteiger partial charge in [-0.25, -0.2) is 0 Å². The van der Waals surface area contributed by atoms with E-state index < -0.39 is 0 Å². The average Bonchev–Trinajstić information content (AvgIpc) is 3.19. The molecule has 1 aliphatic carbocycles. The summed E-state index contributed by atoms with van der Waals surface area (Å²) in [7, 11) is 0. The predicted molar refractivity (Wildman–Crippen MR) is 78.0 cm³/mol. The number of hydrogen-bond acceptors (Lipinski definition) is 4. The highest BCUT2D eigenvalue weighted by Crippen LogP contribution is 2.48. The molecule has 1 aliphatic rings. The van der Waals surface area contributed by atoms with Crippen LogP contribution in [0.5, 0.6) is 0 Å². The number of nitrogens with two attached hydrogens (primary N) is 1.